The van der Waals surface area contributed by atoms with E-state index in [4.69, 9.17) is 9.47 Å². The number of rotatable bonds is 5. The Hall–Kier alpha value is -2.70. The second-order valence-corrected chi connectivity index (χ2v) is 5.32. The van der Waals surface area contributed by atoms with Gasteiger partial charge in [-0.2, -0.15) is 0 Å². The van der Waals surface area contributed by atoms with Crippen LogP contribution in [0.3, 0.4) is 0 Å². The lowest BCUT2D eigenvalue weighted by Crippen LogP contribution is -2.32. The third-order valence-corrected chi connectivity index (χ3v) is 3.69. The second-order valence-electron chi connectivity index (χ2n) is 5.32. The molecule has 0 unspecified atom stereocenters. The molecule has 0 N–H and O–H groups in total. The molecular formula is C16H18N4O3. The Labute approximate surface area is 134 Å². The number of pyridine rings is 1. The van der Waals surface area contributed by atoms with Crippen molar-refractivity contribution in [1.82, 2.24) is 20.1 Å². The van der Waals surface area contributed by atoms with E-state index in [0.29, 0.717) is 31.3 Å². The number of hydrogen-bond donors (Lipinski definition) is 0. The van der Waals surface area contributed by atoms with Crippen LogP contribution in [-0.4, -0.2) is 52.3 Å². The van der Waals surface area contributed by atoms with E-state index in [0.717, 1.165) is 12.0 Å². The van der Waals surface area contributed by atoms with Crippen molar-refractivity contribution in [2.75, 3.05) is 20.2 Å². The third kappa shape index (κ3) is 3.94. The van der Waals surface area contributed by atoms with Crippen LogP contribution in [0.2, 0.25) is 0 Å². The molecule has 0 bridgehead atoms. The fourth-order valence-corrected chi connectivity index (χ4v) is 2.49. The SMILES string of the molecule is COc1ccc(O[C@@H]2CCN(C(=O)Cc3cccnc3)C2)nn1. The summed E-state index contributed by atoms with van der Waals surface area (Å²) in [6.07, 6.45) is 4.50. The second kappa shape index (κ2) is 7.04. The quantitative estimate of drug-likeness (QED) is 0.822. The van der Waals surface area contributed by atoms with E-state index in [1.165, 1.54) is 7.11 Å². The van der Waals surface area contributed by atoms with Crippen LogP contribution >= 0.6 is 0 Å². The zero-order chi connectivity index (χ0) is 16.1. The fourth-order valence-electron chi connectivity index (χ4n) is 2.49. The Balaban J connectivity index is 1.52. The monoisotopic (exact) mass is 314 g/mol. The minimum atomic E-state index is -0.0597. The molecule has 3 rings (SSSR count). The molecule has 7 nitrogen and oxygen atoms in total. The Morgan fingerprint density at radius 2 is 2.13 bits per heavy atom. The Morgan fingerprint density at radius 3 is 2.83 bits per heavy atom. The first-order valence-electron chi connectivity index (χ1n) is 7.45. The van der Waals surface area contributed by atoms with E-state index in [9.17, 15) is 4.79 Å². The van der Waals surface area contributed by atoms with Gasteiger partial charge < -0.3 is 14.4 Å². The number of likely N-dealkylation sites (tertiary alicyclic amines) is 1. The minimum Gasteiger partial charge on any atom is -0.480 e. The lowest BCUT2D eigenvalue weighted by molar-refractivity contribution is -0.129. The molecular weight excluding hydrogens is 296 g/mol. The third-order valence-electron chi connectivity index (χ3n) is 3.69. The van der Waals surface area contributed by atoms with Crippen LogP contribution in [0.4, 0.5) is 0 Å². The number of carbonyl (C=O) groups excluding carboxylic acids is 1. The summed E-state index contributed by atoms with van der Waals surface area (Å²) in [5, 5.41) is 7.81. The average molecular weight is 314 g/mol. The van der Waals surface area contributed by atoms with Crippen molar-refractivity contribution in [2.45, 2.75) is 18.9 Å². The van der Waals surface area contributed by atoms with Crippen molar-refractivity contribution in [3.63, 3.8) is 0 Å². The zero-order valence-electron chi connectivity index (χ0n) is 12.9. The fraction of sp³-hybridized carbons (Fsp3) is 0.375. The first-order chi connectivity index (χ1) is 11.2. The van der Waals surface area contributed by atoms with Crippen molar-refractivity contribution >= 4 is 5.91 Å². The molecule has 0 aliphatic carbocycles. The Kier molecular flexibility index (Phi) is 4.65. The molecule has 1 fully saturated rings. The predicted molar refractivity (Wildman–Crippen MR) is 82.1 cm³/mol. The summed E-state index contributed by atoms with van der Waals surface area (Å²) >= 11 is 0. The molecule has 7 heteroatoms. The van der Waals surface area contributed by atoms with Gasteiger partial charge in [-0.25, -0.2) is 0 Å². The smallest absolute Gasteiger partial charge is 0.233 e. The van der Waals surface area contributed by atoms with Crippen LogP contribution in [0.5, 0.6) is 11.8 Å². The highest BCUT2D eigenvalue weighted by Crippen LogP contribution is 2.18. The number of amides is 1. The summed E-state index contributed by atoms with van der Waals surface area (Å²) in [5.41, 5.74) is 0.919. The zero-order valence-corrected chi connectivity index (χ0v) is 12.9. The summed E-state index contributed by atoms with van der Waals surface area (Å²) in [4.78, 5) is 18.1. The van der Waals surface area contributed by atoms with Crippen LogP contribution in [0.25, 0.3) is 0 Å². The van der Waals surface area contributed by atoms with Crippen LogP contribution in [0.15, 0.2) is 36.7 Å². The van der Waals surface area contributed by atoms with Crippen LogP contribution in [0, 0.1) is 0 Å². The molecule has 1 aliphatic heterocycles. The van der Waals surface area contributed by atoms with Gasteiger partial charge in [0.1, 0.15) is 6.10 Å². The van der Waals surface area contributed by atoms with Crippen molar-refractivity contribution < 1.29 is 14.3 Å². The van der Waals surface area contributed by atoms with Crippen LogP contribution in [0.1, 0.15) is 12.0 Å². The predicted octanol–water partition coefficient (Wildman–Crippen LogP) is 1.10. The van der Waals surface area contributed by atoms with Gasteiger partial charge in [0, 0.05) is 37.5 Å². The highest BCUT2D eigenvalue weighted by Gasteiger charge is 2.27. The lowest BCUT2D eigenvalue weighted by Gasteiger charge is -2.16. The molecule has 1 atom stereocenters. The van der Waals surface area contributed by atoms with E-state index in [2.05, 4.69) is 15.2 Å². The maximum atomic E-state index is 12.3. The highest BCUT2D eigenvalue weighted by molar-refractivity contribution is 5.79. The maximum Gasteiger partial charge on any atom is 0.233 e. The molecule has 0 aromatic carbocycles. The molecule has 1 saturated heterocycles. The van der Waals surface area contributed by atoms with Gasteiger partial charge in [-0.3, -0.25) is 9.78 Å². The molecule has 2 aromatic rings. The number of ether oxygens (including phenoxy) is 2. The summed E-state index contributed by atoms with van der Waals surface area (Å²) in [7, 11) is 1.53. The van der Waals surface area contributed by atoms with Gasteiger partial charge >= 0.3 is 0 Å². The molecule has 2 aromatic heterocycles. The summed E-state index contributed by atoms with van der Waals surface area (Å²) < 4.78 is 10.7. The van der Waals surface area contributed by atoms with E-state index in [1.807, 2.05) is 17.0 Å². The number of carbonyl (C=O) groups is 1. The topological polar surface area (TPSA) is 77.4 Å². The maximum absolute atomic E-state index is 12.3. The first-order valence-corrected chi connectivity index (χ1v) is 7.45. The molecule has 1 aliphatic rings. The van der Waals surface area contributed by atoms with Crippen molar-refractivity contribution in [1.29, 1.82) is 0 Å². The van der Waals surface area contributed by atoms with Crippen molar-refractivity contribution in [3.8, 4) is 11.8 Å². The Morgan fingerprint density at radius 1 is 1.30 bits per heavy atom. The van der Waals surface area contributed by atoms with Crippen molar-refractivity contribution in [3.05, 3.63) is 42.2 Å². The average Bonchev–Trinajstić information content (AvgIpc) is 3.05. The van der Waals surface area contributed by atoms with Crippen LogP contribution in [-0.2, 0) is 11.2 Å². The molecule has 3 heterocycles. The van der Waals surface area contributed by atoms with Gasteiger partial charge in [0.2, 0.25) is 17.7 Å². The summed E-state index contributed by atoms with van der Waals surface area (Å²) in [6.45, 7) is 1.25. The normalized spacial score (nSPS) is 17.1. The van der Waals surface area contributed by atoms with E-state index >= 15 is 0 Å². The summed E-state index contributed by atoms with van der Waals surface area (Å²) in [6, 6.07) is 7.15. The Bertz CT molecular complexity index is 648. The molecule has 0 radical (unpaired) electrons. The highest BCUT2D eigenvalue weighted by atomic mass is 16.5. The van der Waals surface area contributed by atoms with Crippen molar-refractivity contribution in [2.24, 2.45) is 0 Å². The van der Waals surface area contributed by atoms with Crippen LogP contribution < -0.4 is 9.47 Å². The van der Waals surface area contributed by atoms with E-state index < -0.39 is 0 Å². The minimum absolute atomic E-state index is 0.0597. The summed E-state index contributed by atoms with van der Waals surface area (Å²) in [5.74, 6) is 0.972. The lowest BCUT2D eigenvalue weighted by atomic mass is 10.2. The van der Waals surface area contributed by atoms with Gasteiger partial charge in [0.05, 0.1) is 20.1 Å². The van der Waals surface area contributed by atoms with Gasteiger partial charge in [-0.1, -0.05) is 6.07 Å². The molecule has 120 valence electrons. The van der Waals surface area contributed by atoms with Gasteiger partial charge in [-0.05, 0) is 11.6 Å². The molecule has 0 spiro atoms. The molecule has 1 amide bonds. The molecule has 0 saturated carbocycles. The van der Waals surface area contributed by atoms with E-state index in [-0.39, 0.29) is 12.0 Å². The van der Waals surface area contributed by atoms with Gasteiger partial charge in [-0.15, -0.1) is 10.2 Å². The standard InChI is InChI=1S/C16H18N4O3/c1-22-14-4-5-15(19-18-14)23-13-6-8-20(11-13)16(21)9-12-3-2-7-17-10-12/h2-5,7,10,13H,6,8-9,11H2,1H3/t13-/m1/s1. The number of aromatic nitrogens is 3. The first kappa shape index (κ1) is 15.2. The largest absolute Gasteiger partial charge is 0.480 e. The van der Waals surface area contributed by atoms with E-state index in [1.54, 1.807) is 24.5 Å². The van der Waals surface area contributed by atoms with Gasteiger partial charge in [0.15, 0.2) is 0 Å². The number of methoxy groups -OCH3 is 1. The molecule has 23 heavy (non-hydrogen) atoms. The number of nitrogens with zero attached hydrogens (tertiary/aromatic N) is 4. The van der Waals surface area contributed by atoms with Gasteiger partial charge in [0.25, 0.3) is 0 Å². The number of hydrogen-bond acceptors (Lipinski definition) is 6.